The summed E-state index contributed by atoms with van der Waals surface area (Å²) in [6.07, 6.45) is -0.355. The smallest absolute Gasteiger partial charge is 0.407 e. The molecule has 0 saturated heterocycles. The SMILES string of the molecule is O=C(O)c1cc2n(n1)CCCN(C(=O)O)C2. The summed E-state index contributed by atoms with van der Waals surface area (Å²) in [4.78, 5) is 22.8. The highest BCUT2D eigenvalue weighted by atomic mass is 16.4. The molecule has 1 aromatic heterocycles. The summed E-state index contributed by atoms with van der Waals surface area (Å²) in [5, 5.41) is 21.6. The molecule has 0 spiro atoms. The molecule has 0 saturated carbocycles. The fourth-order valence-electron chi connectivity index (χ4n) is 1.73. The number of carboxylic acids is 1. The van der Waals surface area contributed by atoms with Crippen molar-refractivity contribution >= 4 is 12.1 Å². The van der Waals surface area contributed by atoms with Crippen LogP contribution in [0.3, 0.4) is 0 Å². The van der Waals surface area contributed by atoms with Crippen molar-refractivity contribution in [2.24, 2.45) is 0 Å². The predicted molar refractivity (Wildman–Crippen MR) is 52.2 cm³/mol. The molecule has 1 aliphatic heterocycles. The van der Waals surface area contributed by atoms with E-state index >= 15 is 0 Å². The lowest BCUT2D eigenvalue weighted by atomic mass is 10.3. The number of fused-ring (bicyclic) bond motifs is 1. The minimum Gasteiger partial charge on any atom is -0.476 e. The second-order valence-corrected chi connectivity index (χ2v) is 3.61. The van der Waals surface area contributed by atoms with Crippen LogP contribution in [0, 0.1) is 0 Å². The van der Waals surface area contributed by atoms with Gasteiger partial charge in [-0.15, -0.1) is 0 Å². The average molecular weight is 225 g/mol. The minimum atomic E-state index is -1.09. The third-order valence-corrected chi connectivity index (χ3v) is 2.50. The Morgan fingerprint density at radius 2 is 2.06 bits per heavy atom. The summed E-state index contributed by atoms with van der Waals surface area (Å²) in [5.41, 5.74) is 0.583. The van der Waals surface area contributed by atoms with Crippen LogP contribution in [0.4, 0.5) is 4.79 Å². The largest absolute Gasteiger partial charge is 0.476 e. The molecule has 1 amide bonds. The van der Waals surface area contributed by atoms with Crippen LogP contribution in [0.15, 0.2) is 6.07 Å². The van der Waals surface area contributed by atoms with Crippen molar-refractivity contribution in [3.8, 4) is 0 Å². The van der Waals surface area contributed by atoms with Gasteiger partial charge in [0, 0.05) is 13.1 Å². The maximum absolute atomic E-state index is 10.8. The van der Waals surface area contributed by atoms with Gasteiger partial charge >= 0.3 is 12.1 Å². The Hall–Kier alpha value is -2.05. The minimum absolute atomic E-state index is 0.0396. The van der Waals surface area contributed by atoms with E-state index in [9.17, 15) is 9.59 Å². The summed E-state index contributed by atoms with van der Waals surface area (Å²) in [6.45, 7) is 1.18. The zero-order chi connectivity index (χ0) is 11.7. The molecule has 7 heteroatoms. The molecule has 0 fully saturated rings. The first-order valence-corrected chi connectivity index (χ1v) is 4.86. The highest BCUT2D eigenvalue weighted by Crippen LogP contribution is 2.13. The number of amides is 1. The van der Waals surface area contributed by atoms with Crippen molar-refractivity contribution in [2.45, 2.75) is 19.5 Å². The summed E-state index contributed by atoms with van der Waals surface area (Å²) >= 11 is 0. The van der Waals surface area contributed by atoms with Crippen molar-refractivity contribution in [1.82, 2.24) is 14.7 Å². The molecule has 16 heavy (non-hydrogen) atoms. The van der Waals surface area contributed by atoms with Crippen molar-refractivity contribution < 1.29 is 19.8 Å². The molecule has 0 unspecified atom stereocenters. The van der Waals surface area contributed by atoms with Crippen LogP contribution < -0.4 is 0 Å². The van der Waals surface area contributed by atoms with E-state index in [1.54, 1.807) is 4.68 Å². The second kappa shape index (κ2) is 3.84. The summed E-state index contributed by atoms with van der Waals surface area (Å²) in [6, 6.07) is 1.42. The molecule has 7 nitrogen and oxygen atoms in total. The maximum atomic E-state index is 10.8. The molecular weight excluding hydrogens is 214 g/mol. The van der Waals surface area contributed by atoms with Gasteiger partial charge in [-0.2, -0.15) is 5.10 Å². The highest BCUT2D eigenvalue weighted by molar-refractivity contribution is 5.85. The number of carboxylic acid groups (broad SMARTS) is 2. The van der Waals surface area contributed by atoms with Gasteiger partial charge in [0.25, 0.3) is 0 Å². The van der Waals surface area contributed by atoms with Crippen molar-refractivity contribution in [2.75, 3.05) is 6.54 Å². The van der Waals surface area contributed by atoms with Gasteiger partial charge in [-0.05, 0) is 12.5 Å². The van der Waals surface area contributed by atoms with E-state index in [-0.39, 0.29) is 12.2 Å². The van der Waals surface area contributed by atoms with Crippen LogP contribution in [0.1, 0.15) is 22.6 Å². The highest BCUT2D eigenvalue weighted by Gasteiger charge is 2.21. The Labute approximate surface area is 90.9 Å². The van der Waals surface area contributed by atoms with Crippen LogP contribution in [0.2, 0.25) is 0 Å². The lowest BCUT2D eigenvalue weighted by Gasteiger charge is -2.14. The number of hydrogen-bond acceptors (Lipinski definition) is 3. The molecule has 2 N–H and O–H groups in total. The molecule has 1 aromatic rings. The first-order chi connectivity index (χ1) is 7.58. The number of rotatable bonds is 1. The predicted octanol–water partition coefficient (Wildman–Crippen LogP) is 0.465. The van der Waals surface area contributed by atoms with Crippen LogP contribution in [0.25, 0.3) is 0 Å². The maximum Gasteiger partial charge on any atom is 0.407 e. The van der Waals surface area contributed by atoms with E-state index in [0.29, 0.717) is 25.2 Å². The Bertz CT molecular complexity index is 440. The van der Waals surface area contributed by atoms with Gasteiger partial charge in [0.15, 0.2) is 5.69 Å². The molecule has 0 aliphatic carbocycles. The molecule has 0 aromatic carbocycles. The Balaban J connectivity index is 2.28. The number of carbonyl (C=O) groups is 2. The zero-order valence-electron chi connectivity index (χ0n) is 8.46. The van der Waals surface area contributed by atoms with Crippen LogP contribution in [0.5, 0.6) is 0 Å². The Kier molecular flexibility index (Phi) is 2.51. The van der Waals surface area contributed by atoms with Crippen molar-refractivity contribution in [3.05, 3.63) is 17.5 Å². The van der Waals surface area contributed by atoms with E-state index in [1.165, 1.54) is 11.0 Å². The summed E-state index contributed by atoms with van der Waals surface area (Å²) in [7, 11) is 0. The van der Waals surface area contributed by atoms with E-state index in [4.69, 9.17) is 10.2 Å². The second-order valence-electron chi connectivity index (χ2n) is 3.61. The van der Waals surface area contributed by atoms with Gasteiger partial charge in [0.1, 0.15) is 0 Å². The standard InChI is InChI=1S/C9H11N3O4/c13-8(14)7-4-6-5-11(9(15)16)2-1-3-12(6)10-7/h4H,1-3,5H2,(H,13,14)(H,15,16). The van der Waals surface area contributed by atoms with Crippen LogP contribution in [-0.2, 0) is 13.1 Å². The van der Waals surface area contributed by atoms with E-state index in [2.05, 4.69) is 5.10 Å². The first-order valence-electron chi connectivity index (χ1n) is 4.86. The first kappa shape index (κ1) is 10.5. The van der Waals surface area contributed by atoms with Gasteiger partial charge in [0.05, 0.1) is 12.2 Å². The third-order valence-electron chi connectivity index (χ3n) is 2.50. The van der Waals surface area contributed by atoms with Crippen LogP contribution in [-0.4, -0.2) is 43.5 Å². The molecule has 0 atom stereocenters. The normalized spacial score (nSPS) is 15.4. The number of aromatic carboxylic acids is 1. The van der Waals surface area contributed by atoms with Gasteiger partial charge in [-0.25, -0.2) is 9.59 Å². The van der Waals surface area contributed by atoms with Gasteiger partial charge in [-0.1, -0.05) is 0 Å². The Morgan fingerprint density at radius 3 is 2.69 bits per heavy atom. The molecule has 0 radical (unpaired) electrons. The monoisotopic (exact) mass is 225 g/mol. The fourth-order valence-corrected chi connectivity index (χ4v) is 1.73. The topological polar surface area (TPSA) is 95.7 Å². The van der Waals surface area contributed by atoms with Gasteiger partial charge in [0.2, 0.25) is 0 Å². The van der Waals surface area contributed by atoms with Gasteiger partial charge < -0.3 is 15.1 Å². The number of aryl methyl sites for hydroxylation is 1. The lowest BCUT2D eigenvalue weighted by Crippen LogP contribution is -2.28. The summed E-state index contributed by atoms with van der Waals surface area (Å²) < 4.78 is 1.56. The zero-order valence-corrected chi connectivity index (χ0v) is 8.46. The molecule has 0 bridgehead atoms. The molecule has 2 rings (SSSR count). The fraction of sp³-hybridized carbons (Fsp3) is 0.444. The quantitative estimate of drug-likeness (QED) is 0.724. The molecule has 1 aliphatic rings. The Morgan fingerprint density at radius 1 is 1.31 bits per heavy atom. The number of hydrogen-bond donors (Lipinski definition) is 2. The van der Waals surface area contributed by atoms with Crippen molar-refractivity contribution in [3.63, 3.8) is 0 Å². The summed E-state index contributed by atoms with van der Waals surface area (Å²) in [5.74, 6) is -1.09. The van der Waals surface area contributed by atoms with E-state index < -0.39 is 12.1 Å². The van der Waals surface area contributed by atoms with Crippen LogP contribution >= 0.6 is 0 Å². The van der Waals surface area contributed by atoms with Gasteiger partial charge in [-0.3, -0.25) is 4.68 Å². The number of aromatic nitrogens is 2. The third kappa shape index (κ3) is 1.83. The lowest BCUT2D eigenvalue weighted by molar-refractivity contribution is 0.0689. The molecule has 2 heterocycles. The number of nitrogens with zero attached hydrogens (tertiary/aromatic N) is 3. The average Bonchev–Trinajstić information content (AvgIpc) is 2.50. The van der Waals surface area contributed by atoms with E-state index in [0.717, 1.165) is 0 Å². The van der Waals surface area contributed by atoms with Crippen molar-refractivity contribution in [1.29, 1.82) is 0 Å². The molecule has 86 valence electrons. The molecular formula is C9H11N3O4. The van der Waals surface area contributed by atoms with E-state index in [1.807, 2.05) is 0 Å².